The molecule has 1 aliphatic heterocycles. The van der Waals surface area contributed by atoms with Crippen molar-refractivity contribution in [1.82, 2.24) is 24.8 Å². The predicted octanol–water partition coefficient (Wildman–Crippen LogP) is 2.02. The van der Waals surface area contributed by atoms with Gasteiger partial charge in [-0.05, 0) is 26.2 Å². The van der Waals surface area contributed by atoms with E-state index in [9.17, 15) is 4.79 Å². The molecule has 1 N–H and O–H groups in total. The minimum atomic E-state index is -0.0551. The molecule has 3 rings (SSSR count). The van der Waals surface area contributed by atoms with Crippen molar-refractivity contribution in [3.63, 3.8) is 0 Å². The number of hydrogen-bond donors (Lipinski definition) is 1. The number of likely N-dealkylation sites (tertiary alicyclic amines) is 1. The number of piperidine rings is 1. The van der Waals surface area contributed by atoms with Crippen LogP contribution in [0.5, 0.6) is 0 Å². The summed E-state index contributed by atoms with van der Waals surface area (Å²) in [7, 11) is 1.54. The fraction of sp³-hybridized carbons (Fsp3) is 0.471. The largest absolute Gasteiger partial charge is 0.375 e. The van der Waals surface area contributed by atoms with E-state index in [1.807, 2.05) is 17.9 Å². The molecule has 1 saturated heterocycles. The maximum atomic E-state index is 12.4. The van der Waals surface area contributed by atoms with E-state index < -0.39 is 0 Å². The standard InChI is InChI=1S/C17H22N6O2/c1-12-20-13(9-15(21-12)22-16-10-18-6-7-19-16)14-5-3-4-8-23(14)17(24)11-25-2/h6-7,9-10,14H,3-5,8,11H2,1-2H3,(H,19,20,21,22)/t14-/m0/s1. The number of rotatable bonds is 5. The van der Waals surface area contributed by atoms with Crippen molar-refractivity contribution in [2.75, 3.05) is 25.6 Å². The Morgan fingerprint density at radius 2 is 2.20 bits per heavy atom. The van der Waals surface area contributed by atoms with E-state index in [1.54, 1.807) is 18.6 Å². The monoisotopic (exact) mass is 342 g/mol. The Kier molecular flexibility index (Phi) is 5.49. The maximum absolute atomic E-state index is 12.4. The summed E-state index contributed by atoms with van der Waals surface area (Å²) in [6.07, 6.45) is 7.81. The van der Waals surface area contributed by atoms with Crippen LogP contribution >= 0.6 is 0 Å². The lowest BCUT2D eigenvalue weighted by molar-refractivity contribution is -0.139. The smallest absolute Gasteiger partial charge is 0.249 e. The third-order valence-corrected chi connectivity index (χ3v) is 4.11. The van der Waals surface area contributed by atoms with Gasteiger partial charge in [0.15, 0.2) is 0 Å². The number of aromatic nitrogens is 4. The van der Waals surface area contributed by atoms with Crippen molar-refractivity contribution < 1.29 is 9.53 Å². The minimum Gasteiger partial charge on any atom is -0.375 e. The molecule has 0 aromatic carbocycles. The van der Waals surface area contributed by atoms with E-state index >= 15 is 0 Å². The summed E-state index contributed by atoms with van der Waals surface area (Å²) in [6, 6.07) is 1.82. The number of anilines is 2. The van der Waals surface area contributed by atoms with Gasteiger partial charge in [-0.1, -0.05) is 0 Å². The van der Waals surface area contributed by atoms with Gasteiger partial charge < -0.3 is 15.0 Å². The average molecular weight is 342 g/mol. The topological polar surface area (TPSA) is 93.1 Å². The zero-order valence-corrected chi connectivity index (χ0v) is 14.5. The van der Waals surface area contributed by atoms with Gasteiger partial charge >= 0.3 is 0 Å². The average Bonchev–Trinajstić information content (AvgIpc) is 2.62. The van der Waals surface area contributed by atoms with Gasteiger partial charge in [-0.25, -0.2) is 15.0 Å². The van der Waals surface area contributed by atoms with Crippen LogP contribution in [0.15, 0.2) is 24.7 Å². The molecule has 0 radical (unpaired) electrons. The first-order chi connectivity index (χ1) is 12.2. The number of aryl methyl sites for hydroxylation is 1. The van der Waals surface area contributed by atoms with Gasteiger partial charge in [0, 0.05) is 32.1 Å². The quantitative estimate of drug-likeness (QED) is 0.888. The van der Waals surface area contributed by atoms with Crippen LogP contribution in [0.2, 0.25) is 0 Å². The van der Waals surface area contributed by atoms with Gasteiger partial charge in [0.2, 0.25) is 5.91 Å². The van der Waals surface area contributed by atoms with Crippen LogP contribution in [0.25, 0.3) is 0 Å². The third-order valence-electron chi connectivity index (χ3n) is 4.11. The van der Waals surface area contributed by atoms with Gasteiger partial charge in [-0.3, -0.25) is 9.78 Å². The molecule has 1 fully saturated rings. The fourth-order valence-electron chi connectivity index (χ4n) is 3.06. The molecule has 2 aromatic rings. The van der Waals surface area contributed by atoms with Crippen molar-refractivity contribution in [2.24, 2.45) is 0 Å². The zero-order chi connectivity index (χ0) is 17.6. The maximum Gasteiger partial charge on any atom is 0.249 e. The molecule has 1 aliphatic rings. The number of nitrogens with zero attached hydrogens (tertiary/aromatic N) is 5. The summed E-state index contributed by atoms with van der Waals surface area (Å²) in [4.78, 5) is 31.4. The lowest BCUT2D eigenvalue weighted by Crippen LogP contribution is -2.40. The molecule has 8 nitrogen and oxygen atoms in total. The molecule has 25 heavy (non-hydrogen) atoms. The molecule has 0 saturated carbocycles. The molecular formula is C17H22N6O2. The molecule has 0 unspecified atom stereocenters. The van der Waals surface area contributed by atoms with Crippen LogP contribution in [0.4, 0.5) is 11.6 Å². The van der Waals surface area contributed by atoms with Crippen molar-refractivity contribution in [3.05, 3.63) is 36.2 Å². The second-order valence-electron chi connectivity index (χ2n) is 5.97. The normalized spacial score (nSPS) is 17.4. The summed E-state index contributed by atoms with van der Waals surface area (Å²) >= 11 is 0. The summed E-state index contributed by atoms with van der Waals surface area (Å²) in [5.74, 6) is 1.90. The number of methoxy groups -OCH3 is 1. The molecule has 2 aromatic heterocycles. The van der Waals surface area contributed by atoms with Gasteiger partial charge in [0.05, 0.1) is 17.9 Å². The first-order valence-corrected chi connectivity index (χ1v) is 8.34. The van der Waals surface area contributed by atoms with Crippen molar-refractivity contribution in [2.45, 2.75) is 32.2 Å². The van der Waals surface area contributed by atoms with Crippen LogP contribution in [0.1, 0.15) is 36.8 Å². The lowest BCUT2D eigenvalue weighted by Gasteiger charge is -2.35. The van der Waals surface area contributed by atoms with Gasteiger partial charge in [0.25, 0.3) is 0 Å². The minimum absolute atomic E-state index is 0.00750. The van der Waals surface area contributed by atoms with Crippen LogP contribution in [-0.4, -0.2) is 51.0 Å². The first-order valence-electron chi connectivity index (χ1n) is 8.34. The summed E-state index contributed by atoms with van der Waals surface area (Å²) in [6.45, 7) is 2.66. The van der Waals surface area contributed by atoms with Crippen LogP contribution in [0.3, 0.4) is 0 Å². The number of hydrogen-bond acceptors (Lipinski definition) is 7. The molecular weight excluding hydrogens is 320 g/mol. The number of amides is 1. The highest BCUT2D eigenvalue weighted by atomic mass is 16.5. The van der Waals surface area contributed by atoms with Crippen LogP contribution in [0, 0.1) is 6.92 Å². The lowest BCUT2D eigenvalue weighted by atomic mass is 9.98. The number of carbonyl (C=O) groups is 1. The molecule has 1 amide bonds. The van der Waals surface area contributed by atoms with E-state index in [4.69, 9.17) is 4.74 Å². The molecule has 1 atom stereocenters. The summed E-state index contributed by atoms with van der Waals surface area (Å²) in [5, 5.41) is 3.14. The van der Waals surface area contributed by atoms with Crippen molar-refractivity contribution >= 4 is 17.5 Å². The van der Waals surface area contributed by atoms with Crippen molar-refractivity contribution in [3.8, 4) is 0 Å². The Labute approximate surface area is 146 Å². The van der Waals surface area contributed by atoms with E-state index in [1.165, 1.54) is 7.11 Å². The highest BCUT2D eigenvalue weighted by Gasteiger charge is 2.29. The van der Waals surface area contributed by atoms with Gasteiger partial charge in [-0.2, -0.15) is 0 Å². The van der Waals surface area contributed by atoms with Crippen LogP contribution in [-0.2, 0) is 9.53 Å². The molecule has 0 aliphatic carbocycles. The Bertz CT molecular complexity index is 724. The Balaban J connectivity index is 1.86. The van der Waals surface area contributed by atoms with E-state index in [0.717, 1.165) is 31.5 Å². The molecule has 8 heteroatoms. The van der Waals surface area contributed by atoms with E-state index in [0.29, 0.717) is 17.5 Å². The number of carbonyl (C=O) groups excluding carboxylic acids is 1. The molecule has 0 bridgehead atoms. The fourth-order valence-corrected chi connectivity index (χ4v) is 3.06. The van der Waals surface area contributed by atoms with Crippen molar-refractivity contribution in [1.29, 1.82) is 0 Å². The van der Waals surface area contributed by atoms with Crippen LogP contribution < -0.4 is 5.32 Å². The highest BCUT2D eigenvalue weighted by Crippen LogP contribution is 2.31. The number of ether oxygens (including phenoxy) is 1. The molecule has 132 valence electrons. The second kappa shape index (κ2) is 7.98. The summed E-state index contributed by atoms with van der Waals surface area (Å²) in [5.41, 5.74) is 0.836. The van der Waals surface area contributed by atoms with E-state index in [2.05, 4.69) is 25.3 Å². The molecule has 3 heterocycles. The SMILES string of the molecule is COCC(=O)N1CCCC[C@H]1c1cc(Nc2cnccn2)nc(C)n1. The number of nitrogens with one attached hydrogen (secondary N) is 1. The Hall–Kier alpha value is -2.61. The Morgan fingerprint density at radius 3 is 2.96 bits per heavy atom. The Morgan fingerprint density at radius 1 is 1.32 bits per heavy atom. The third kappa shape index (κ3) is 4.27. The summed E-state index contributed by atoms with van der Waals surface area (Å²) < 4.78 is 5.02. The van der Waals surface area contributed by atoms with E-state index in [-0.39, 0.29) is 18.6 Å². The predicted molar refractivity (Wildman–Crippen MR) is 92.3 cm³/mol. The second-order valence-corrected chi connectivity index (χ2v) is 5.97. The molecule has 0 spiro atoms. The first kappa shape index (κ1) is 17.2. The zero-order valence-electron chi connectivity index (χ0n) is 14.5. The van der Waals surface area contributed by atoms with Gasteiger partial charge in [0.1, 0.15) is 24.1 Å². The highest BCUT2D eigenvalue weighted by molar-refractivity contribution is 5.78. The van der Waals surface area contributed by atoms with Gasteiger partial charge in [-0.15, -0.1) is 0 Å².